The normalized spacial score (nSPS) is 10.4. The molecule has 0 unspecified atom stereocenters. The molecular weight excluding hydrogens is 250 g/mol. The van der Waals surface area contributed by atoms with Gasteiger partial charge in [0.1, 0.15) is 11.5 Å². The van der Waals surface area contributed by atoms with E-state index in [1.165, 1.54) is 0 Å². The molecule has 0 radical (unpaired) electrons. The smallest absolute Gasteiger partial charge is 0.251 e. The number of benzene rings is 1. The summed E-state index contributed by atoms with van der Waals surface area (Å²) in [6, 6.07) is 8.72. The Hall–Kier alpha value is -1.74. The van der Waals surface area contributed by atoms with Crippen LogP contribution in [0.25, 0.3) is 0 Å². The fraction of sp³-hybridized carbons (Fsp3) is 0.214. The Morgan fingerprint density at radius 1 is 1.28 bits per heavy atom. The third-order valence-corrected chi connectivity index (χ3v) is 2.94. The lowest BCUT2D eigenvalue weighted by molar-refractivity contribution is 0.0951. The molecule has 0 aliphatic heterocycles. The van der Waals surface area contributed by atoms with E-state index in [-0.39, 0.29) is 5.91 Å². The molecule has 18 heavy (non-hydrogen) atoms. The van der Waals surface area contributed by atoms with Crippen molar-refractivity contribution >= 4 is 17.5 Å². The maximum absolute atomic E-state index is 11.9. The first kappa shape index (κ1) is 12.7. The van der Waals surface area contributed by atoms with Crippen molar-refractivity contribution in [3.05, 3.63) is 58.0 Å². The summed E-state index contributed by atoms with van der Waals surface area (Å²) in [7, 11) is 0. The van der Waals surface area contributed by atoms with Gasteiger partial charge in [0.05, 0.1) is 0 Å². The highest BCUT2D eigenvalue weighted by Gasteiger charge is 2.08. The highest BCUT2D eigenvalue weighted by atomic mass is 35.5. The van der Waals surface area contributed by atoms with Crippen molar-refractivity contribution < 1.29 is 9.21 Å². The summed E-state index contributed by atoms with van der Waals surface area (Å²) in [6.45, 7) is 4.24. The number of hydrogen-bond donors (Lipinski definition) is 1. The Labute approximate surface area is 111 Å². The van der Waals surface area contributed by atoms with Gasteiger partial charge in [-0.15, -0.1) is 0 Å². The summed E-state index contributed by atoms with van der Waals surface area (Å²) in [5.74, 6) is 1.57. The number of rotatable bonds is 3. The summed E-state index contributed by atoms with van der Waals surface area (Å²) < 4.78 is 5.40. The van der Waals surface area contributed by atoms with Crippen LogP contribution in [0.15, 0.2) is 34.7 Å². The van der Waals surface area contributed by atoms with Crippen LogP contribution in [0.2, 0.25) is 5.02 Å². The highest BCUT2D eigenvalue weighted by Crippen LogP contribution is 2.14. The van der Waals surface area contributed by atoms with Gasteiger partial charge in [-0.1, -0.05) is 11.6 Å². The van der Waals surface area contributed by atoms with Crippen LogP contribution in [-0.4, -0.2) is 5.91 Å². The lowest BCUT2D eigenvalue weighted by Gasteiger charge is -2.04. The minimum absolute atomic E-state index is 0.120. The molecule has 1 amide bonds. The molecule has 0 spiro atoms. The average molecular weight is 264 g/mol. The minimum Gasteiger partial charge on any atom is -0.466 e. The van der Waals surface area contributed by atoms with Crippen molar-refractivity contribution in [1.82, 2.24) is 5.32 Å². The summed E-state index contributed by atoms with van der Waals surface area (Å²) in [5.41, 5.74) is 1.59. The van der Waals surface area contributed by atoms with Crippen molar-refractivity contribution in [3.63, 3.8) is 0 Å². The van der Waals surface area contributed by atoms with Crippen LogP contribution >= 0.6 is 11.6 Å². The highest BCUT2D eigenvalue weighted by molar-refractivity contribution is 6.30. The van der Waals surface area contributed by atoms with Gasteiger partial charge in [0.2, 0.25) is 0 Å². The molecule has 1 N–H and O–H groups in total. The topological polar surface area (TPSA) is 42.2 Å². The van der Waals surface area contributed by atoms with Crippen LogP contribution in [0.1, 0.15) is 27.4 Å². The first-order valence-corrected chi connectivity index (χ1v) is 6.04. The predicted molar refractivity (Wildman–Crippen MR) is 70.8 cm³/mol. The van der Waals surface area contributed by atoms with Gasteiger partial charge in [-0.25, -0.2) is 0 Å². The molecule has 0 aliphatic rings. The van der Waals surface area contributed by atoms with E-state index >= 15 is 0 Å². The van der Waals surface area contributed by atoms with Gasteiger partial charge < -0.3 is 9.73 Å². The standard InChI is InChI=1S/C14H14ClNO2/c1-9-7-12(10(2)18-9)8-16-14(17)11-3-5-13(15)6-4-11/h3-7H,8H2,1-2H3,(H,16,17). The zero-order valence-corrected chi connectivity index (χ0v) is 11.0. The number of halogens is 1. The van der Waals surface area contributed by atoms with Gasteiger partial charge in [0.15, 0.2) is 0 Å². The number of carbonyl (C=O) groups is 1. The lowest BCUT2D eigenvalue weighted by Crippen LogP contribution is -2.22. The molecule has 0 atom stereocenters. The molecule has 0 saturated heterocycles. The number of nitrogens with one attached hydrogen (secondary N) is 1. The molecule has 1 aromatic heterocycles. The molecule has 0 bridgehead atoms. The Kier molecular flexibility index (Phi) is 3.72. The second-order valence-electron chi connectivity index (χ2n) is 4.13. The molecule has 2 aromatic rings. The molecule has 0 fully saturated rings. The Bertz CT molecular complexity index is 558. The Morgan fingerprint density at radius 3 is 2.50 bits per heavy atom. The molecule has 4 heteroatoms. The fourth-order valence-electron chi connectivity index (χ4n) is 1.74. The van der Waals surface area contributed by atoms with E-state index in [0.717, 1.165) is 17.1 Å². The van der Waals surface area contributed by atoms with Crippen LogP contribution in [0.3, 0.4) is 0 Å². The lowest BCUT2D eigenvalue weighted by atomic mass is 10.2. The van der Waals surface area contributed by atoms with E-state index in [1.54, 1.807) is 24.3 Å². The number of hydrogen-bond acceptors (Lipinski definition) is 2. The SMILES string of the molecule is Cc1cc(CNC(=O)c2ccc(Cl)cc2)c(C)o1. The van der Waals surface area contributed by atoms with Crippen LogP contribution in [-0.2, 0) is 6.54 Å². The van der Waals surface area contributed by atoms with Gasteiger partial charge >= 0.3 is 0 Å². The maximum Gasteiger partial charge on any atom is 0.251 e. The van der Waals surface area contributed by atoms with Crippen LogP contribution < -0.4 is 5.32 Å². The zero-order valence-electron chi connectivity index (χ0n) is 10.3. The summed E-state index contributed by atoms with van der Waals surface area (Å²) in [6.07, 6.45) is 0. The first-order chi connectivity index (χ1) is 8.56. The molecule has 3 nitrogen and oxygen atoms in total. The zero-order chi connectivity index (χ0) is 13.1. The number of carbonyl (C=O) groups excluding carboxylic acids is 1. The third-order valence-electron chi connectivity index (χ3n) is 2.69. The molecule has 1 heterocycles. The number of aryl methyl sites for hydroxylation is 2. The summed E-state index contributed by atoms with van der Waals surface area (Å²) >= 11 is 5.77. The van der Waals surface area contributed by atoms with E-state index in [0.29, 0.717) is 17.1 Å². The van der Waals surface area contributed by atoms with Gasteiger partial charge in [-0.3, -0.25) is 4.79 Å². The van der Waals surface area contributed by atoms with Crippen LogP contribution in [0.5, 0.6) is 0 Å². The largest absolute Gasteiger partial charge is 0.466 e. The molecule has 0 aliphatic carbocycles. The molecule has 0 saturated carbocycles. The van der Waals surface area contributed by atoms with Gasteiger partial charge in [0, 0.05) is 22.7 Å². The summed E-state index contributed by atoms with van der Waals surface area (Å²) in [5, 5.41) is 3.47. The van der Waals surface area contributed by atoms with Crippen molar-refractivity contribution in [2.75, 3.05) is 0 Å². The van der Waals surface area contributed by atoms with Crippen molar-refractivity contribution in [1.29, 1.82) is 0 Å². The third kappa shape index (κ3) is 2.93. The van der Waals surface area contributed by atoms with E-state index < -0.39 is 0 Å². The molecule has 1 aromatic carbocycles. The molecule has 2 rings (SSSR count). The second-order valence-corrected chi connectivity index (χ2v) is 4.56. The first-order valence-electron chi connectivity index (χ1n) is 5.66. The fourth-order valence-corrected chi connectivity index (χ4v) is 1.86. The second kappa shape index (κ2) is 5.27. The molecule has 94 valence electrons. The Balaban J connectivity index is 2.00. The van der Waals surface area contributed by atoms with Crippen LogP contribution in [0.4, 0.5) is 0 Å². The van der Waals surface area contributed by atoms with E-state index in [1.807, 2.05) is 19.9 Å². The van der Waals surface area contributed by atoms with Crippen molar-refractivity contribution in [2.45, 2.75) is 20.4 Å². The van der Waals surface area contributed by atoms with Gasteiger partial charge in [-0.2, -0.15) is 0 Å². The maximum atomic E-state index is 11.9. The van der Waals surface area contributed by atoms with Gasteiger partial charge in [-0.05, 0) is 44.2 Å². The van der Waals surface area contributed by atoms with E-state index in [9.17, 15) is 4.79 Å². The van der Waals surface area contributed by atoms with Crippen LogP contribution in [0, 0.1) is 13.8 Å². The quantitative estimate of drug-likeness (QED) is 0.921. The summed E-state index contributed by atoms with van der Waals surface area (Å²) in [4.78, 5) is 11.9. The van der Waals surface area contributed by atoms with Crippen molar-refractivity contribution in [3.8, 4) is 0 Å². The van der Waals surface area contributed by atoms with Gasteiger partial charge in [0.25, 0.3) is 5.91 Å². The van der Waals surface area contributed by atoms with Crippen molar-refractivity contribution in [2.24, 2.45) is 0 Å². The number of furan rings is 1. The van der Waals surface area contributed by atoms with E-state index in [2.05, 4.69) is 5.32 Å². The average Bonchev–Trinajstić information content (AvgIpc) is 2.66. The number of amides is 1. The minimum atomic E-state index is -0.120. The predicted octanol–water partition coefficient (Wildman–Crippen LogP) is 3.48. The molecular formula is C14H14ClNO2. The van der Waals surface area contributed by atoms with E-state index in [4.69, 9.17) is 16.0 Å². The Morgan fingerprint density at radius 2 is 1.94 bits per heavy atom. The monoisotopic (exact) mass is 263 g/mol.